The van der Waals surface area contributed by atoms with Crippen molar-refractivity contribution in [3.05, 3.63) is 60.5 Å². The normalized spacial score (nSPS) is 24.1. The van der Waals surface area contributed by atoms with E-state index in [-0.39, 0.29) is 11.9 Å². The lowest BCUT2D eigenvalue weighted by Crippen LogP contribution is -2.57. The fourth-order valence-corrected chi connectivity index (χ4v) is 4.31. The van der Waals surface area contributed by atoms with Crippen LogP contribution in [0.3, 0.4) is 0 Å². The molecule has 3 aliphatic rings. The van der Waals surface area contributed by atoms with Crippen LogP contribution in [0.5, 0.6) is 0 Å². The van der Waals surface area contributed by atoms with Gasteiger partial charge in [0.1, 0.15) is 5.76 Å². The van der Waals surface area contributed by atoms with E-state index in [4.69, 9.17) is 4.42 Å². The van der Waals surface area contributed by atoms with Crippen LogP contribution in [0, 0.1) is 5.92 Å². The van der Waals surface area contributed by atoms with E-state index in [1.165, 1.54) is 25.9 Å². The first-order valence-electron chi connectivity index (χ1n) is 9.63. The average Bonchev–Trinajstić information content (AvgIpc) is 3.41. The van der Waals surface area contributed by atoms with Gasteiger partial charge in [0.25, 0.3) is 5.91 Å². The zero-order valence-electron chi connectivity index (χ0n) is 15.2. The summed E-state index contributed by atoms with van der Waals surface area (Å²) in [4.78, 5) is 18.3. The van der Waals surface area contributed by atoms with Crippen molar-refractivity contribution in [1.29, 1.82) is 0 Å². The molecule has 0 saturated carbocycles. The van der Waals surface area contributed by atoms with Gasteiger partial charge in [-0.05, 0) is 61.7 Å². The number of hydrogen-bond acceptors (Lipinski definition) is 3. The van der Waals surface area contributed by atoms with Crippen molar-refractivity contribution in [3.8, 4) is 22.6 Å². The standard InChI is InChI=1S/C22H23N3O2/c26-22(24-19-14-25-12-9-16(19)10-13-25)21-8-7-20(27-21)17-5-3-15(4-6-17)18-2-1-11-23-18/h1-8,11,16,19,23H,9-10,12-14H2,(H,24,26)/t19-/m0/s1. The van der Waals surface area contributed by atoms with Crippen molar-refractivity contribution >= 4 is 5.91 Å². The number of hydrogen-bond donors (Lipinski definition) is 2. The van der Waals surface area contributed by atoms with Crippen LogP contribution in [0.1, 0.15) is 23.4 Å². The van der Waals surface area contributed by atoms with Crippen LogP contribution in [0.15, 0.2) is 59.1 Å². The third-order valence-electron chi connectivity index (χ3n) is 5.88. The van der Waals surface area contributed by atoms with Gasteiger partial charge < -0.3 is 19.6 Å². The van der Waals surface area contributed by atoms with Gasteiger partial charge in [-0.15, -0.1) is 0 Å². The number of piperidine rings is 3. The Morgan fingerprint density at radius 2 is 1.81 bits per heavy atom. The molecule has 138 valence electrons. The first kappa shape index (κ1) is 16.4. The average molecular weight is 361 g/mol. The van der Waals surface area contributed by atoms with Crippen LogP contribution in [-0.4, -0.2) is 41.5 Å². The zero-order chi connectivity index (χ0) is 18.2. The molecule has 1 aromatic carbocycles. The van der Waals surface area contributed by atoms with Gasteiger partial charge >= 0.3 is 0 Å². The van der Waals surface area contributed by atoms with E-state index >= 15 is 0 Å². The van der Waals surface area contributed by atoms with E-state index in [0.29, 0.717) is 17.4 Å². The topological polar surface area (TPSA) is 61.3 Å². The van der Waals surface area contributed by atoms with E-state index < -0.39 is 0 Å². The largest absolute Gasteiger partial charge is 0.451 e. The summed E-state index contributed by atoms with van der Waals surface area (Å²) in [5.41, 5.74) is 3.17. The van der Waals surface area contributed by atoms with Crippen molar-refractivity contribution in [2.45, 2.75) is 18.9 Å². The number of furan rings is 1. The monoisotopic (exact) mass is 361 g/mol. The summed E-state index contributed by atoms with van der Waals surface area (Å²) in [5.74, 6) is 1.60. The Hall–Kier alpha value is -2.79. The van der Waals surface area contributed by atoms with Gasteiger partial charge in [-0.2, -0.15) is 0 Å². The second-order valence-electron chi connectivity index (χ2n) is 7.54. The predicted molar refractivity (Wildman–Crippen MR) is 104 cm³/mol. The van der Waals surface area contributed by atoms with Crippen molar-refractivity contribution in [2.24, 2.45) is 5.92 Å². The number of benzene rings is 1. The highest BCUT2D eigenvalue weighted by Gasteiger charge is 2.35. The van der Waals surface area contributed by atoms with Gasteiger partial charge in [0, 0.05) is 30.0 Å². The molecule has 0 radical (unpaired) electrons. The minimum absolute atomic E-state index is 0.108. The van der Waals surface area contributed by atoms with Crippen LogP contribution < -0.4 is 5.32 Å². The number of carbonyl (C=O) groups excluding carboxylic acids is 1. The summed E-state index contributed by atoms with van der Waals surface area (Å²) in [6, 6.07) is 16.0. The molecule has 6 rings (SSSR count). The van der Waals surface area contributed by atoms with Crippen molar-refractivity contribution in [2.75, 3.05) is 19.6 Å². The summed E-state index contributed by atoms with van der Waals surface area (Å²) in [6.07, 6.45) is 4.28. The van der Waals surface area contributed by atoms with E-state index in [0.717, 1.165) is 23.4 Å². The molecule has 5 heterocycles. The van der Waals surface area contributed by atoms with E-state index in [2.05, 4.69) is 27.3 Å². The third-order valence-corrected chi connectivity index (χ3v) is 5.88. The fraction of sp³-hybridized carbons (Fsp3) is 0.318. The number of aromatic nitrogens is 1. The van der Waals surface area contributed by atoms with Gasteiger partial charge in [-0.3, -0.25) is 4.79 Å². The molecule has 0 spiro atoms. The maximum absolute atomic E-state index is 12.6. The van der Waals surface area contributed by atoms with Crippen molar-refractivity contribution in [3.63, 3.8) is 0 Å². The molecular weight excluding hydrogens is 338 g/mol. The number of rotatable bonds is 4. The molecule has 5 nitrogen and oxygen atoms in total. The second kappa shape index (κ2) is 6.74. The molecule has 5 heteroatoms. The quantitative estimate of drug-likeness (QED) is 0.744. The summed E-state index contributed by atoms with van der Waals surface area (Å²) in [7, 11) is 0. The van der Waals surface area contributed by atoms with Crippen molar-refractivity contribution < 1.29 is 9.21 Å². The number of carbonyl (C=O) groups is 1. The van der Waals surface area contributed by atoms with Crippen molar-refractivity contribution in [1.82, 2.24) is 15.2 Å². The Morgan fingerprint density at radius 3 is 2.48 bits per heavy atom. The lowest BCUT2D eigenvalue weighted by Gasteiger charge is -2.44. The van der Waals surface area contributed by atoms with Gasteiger partial charge in [0.15, 0.2) is 5.76 Å². The Balaban J connectivity index is 1.28. The fourth-order valence-electron chi connectivity index (χ4n) is 4.31. The molecule has 0 unspecified atom stereocenters. The highest BCUT2D eigenvalue weighted by atomic mass is 16.3. The molecule has 0 aliphatic carbocycles. The number of H-pyrrole nitrogens is 1. The summed E-state index contributed by atoms with van der Waals surface area (Å²) >= 11 is 0. The van der Waals surface area contributed by atoms with Gasteiger partial charge in [0.05, 0.1) is 0 Å². The molecule has 2 bridgehead atoms. The Morgan fingerprint density at radius 1 is 1.04 bits per heavy atom. The predicted octanol–water partition coefficient (Wildman–Crippen LogP) is 3.77. The van der Waals surface area contributed by atoms with Gasteiger partial charge in [-0.1, -0.05) is 24.3 Å². The summed E-state index contributed by atoms with van der Waals surface area (Å²) in [6.45, 7) is 3.30. The number of fused-ring (bicyclic) bond motifs is 3. The number of aromatic amines is 1. The maximum Gasteiger partial charge on any atom is 0.287 e. The smallest absolute Gasteiger partial charge is 0.287 e. The van der Waals surface area contributed by atoms with Crippen LogP contribution in [0.4, 0.5) is 0 Å². The minimum Gasteiger partial charge on any atom is -0.451 e. The van der Waals surface area contributed by atoms with Crippen LogP contribution >= 0.6 is 0 Å². The van der Waals surface area contributed by atoms with Crippen LogP contribution in [-0.2, 0) is 0 Å². The highest BCUT2D eigenvalue weighted by molar-refractivity contribution is 5.92. The summed E-state index contributed by atoms with van der Waals surface area (Å²) in [5, 5.41) is 3.18. The number of nitrogens with zero attached hydrogens (tertiary/aromatic N) is 1. The van der Waals surface area contributed by atoms with E-state index in [1.54, 1.807) is 6.07 Å². The van der Waals surface area contributed by atoms with Crippen LogP contribution in [0.25, 0.3) is 22.6 Å². The molecule has 2 N–H and O–H groups in total. The first-order valence-corrected chi connectivity index (χ1v) is 9.63. The van der Waals surface area contributed by atoms with Gasteiger partial charge in [-0.25, -0.2) is 0 Å². The number of amides is 1. The lowest BCUT2D eigenvalue weighted by atomic mass is 9.84. The molecule has 3 aliphatic heterocycles. The van der Waals surface area contributed by atoms with Gasteiger partial charge in [0.2, 0.25) is 0 Å². The molecule has 1 atom stereocenters. The molecule has 1 amide bonds. The van der Waals surface area contributed by atoms with Crippen LogP contribution in [0.2, 0.25) is 0 Å². The number of nitrogens with one attached hydrogen (secondary N) is 2. The Bertz CT molecular complexity index is 919. The molecule has 3 saturated heterocycles. The molecule has 3 aromatic rings. The SMILES string of the molecule is O=C(N[C@H]1CN2CCC1CC2)c1ccc(-c2ccc(-c3ccc[nH]3)cc2)o1. The van der Waals surface area contributed by atoms with E-state index in [1.807, 2.05) is 36.5 Å². The second-order valence-corrected chi connectivity index (χ2v) is 7.54. The molecule has 2 aromatic heterocycles. The molecule has 27 heavy (non-hydrogen) atoms. The summed E-state index contributed by atoms with van der Waals surface area (Å²) < 4.78 is 5.85. The zero-order valence-corrected chi connectivity index (χ0v) is 15.2. The third kappa shape index (κ3) is 3.19. The molecule has 3 fully saturated rings. The minimum atomic E-state index is -0.108. The first-order chi connectivity index (χ1) is 13.3. The highest BCUT2D eigenvalue weighted by Crippen LogP contribution is 2.29. The lowest BCUT2D eigenvalue weighted by molar-refractivity contribution is 0.0606. The molecular formula is C22H23N3O2. The maximum atomic E-state index is 12.6. The van der Waals surface area contributed by atoms with E-state index in [9.17, 15) is 4.79 Å². The Kier molecular flexibility index (Phi) is 4.09. The Labute approximate surface area is 158 Å².